The van der Waals surface area contributed by atoms with Crippen molar-refractivity contribution in [1.82, 2.24) is 9.97 Å². The van der Waals surface area contributed by atoms with Gasteiger partial charge in [0.2, 0.25) is 0 Å². The highest BCUT2D eigenvalue weighted by molar-refractivity contribution is 5.37. The van der Waals surface area contributed by atoms with Crippen LogP contribution in [0.15, 0.2) is 6.07 Å². The third-order valence-corrected chi connectivity index (χ3v) is 3.46. The molecular weight excluding hydrogens is 214 g/mol. The van der Waals surface area contributed by atoms with Crippen LogP contribution in [0.5, 0.6) is 0 Å². The minimum atomic E-state index is -0.227. The number of aromatic nitrogens is 2. The molecular formula is C13H21N3O. The van der Waals surface area contributed by atoms with E-state index in [-0.39, 0.29) is 5.60 Å². The molecule has 1 fully saturated rings. The van der Waals surface area contributed by atoms with Crippen LogP contribution in [-0.2, 0) is 16.8 Å². The molecule has 0 aromatic carbocycles. The Balaban J connectivity index is 2.35. The first kappa shape index (κ1) is 12.3. The maximum absolute atomic E-state index is 5.64. The number of ether oxygens (including phenoxy) is 1. The van der Waals surface area contributed by atoms with Crippen molar-refractivity contribution in [2.45, 2.75) is 45.1 Å². The molecule has 0 unspecified atom stereocenters. The topological polar surface area (TPSA) is 47.0 Å². The molecule has 1 N–H and O–H groups in total. The summed E-state index contributed by atoms with van der Waals surface area (Å²) in [6.45, 7) is 5.06. The van der Waals surface area contributed by atoms with Gasteiger partial charge in [0.15, 0.2) is 5.82 Å². The molecule has 17 heavy (non-hydrogen) atoms. The van der Waals surface area contributed by atoms with Crippen LogP contribution < -0.4 is 5.32 Å². The molecule has 4 nitrogen and oxygen atoms in total. The molecule has 1 aliphatic rings. The van der Waals surface area contributed by atoms with E-state index in [2.05, 4.69) is 29.1 Å². The number of nitrogens with one attached hydrogen (secondary N) is 1. The van der Waals surface area contributed by atoms with Gasteiger partial charge in [0, 0.05) is 25.4 Å². The molecule has 1 aromatic rings. The fraction of sp³-hybridized carbons (Fsp3) is 0.692. The molecule has 1 heterocycles. The fourth-order valence-electron chi connectivity index (χ4n) is 2.17. The van der Waals surface area contributed by atoms with Crippen LogP contribution in [0.1, 0.15) is 44.6 Å². The Morgan fingerprint density at radius 1 is 1.35 bits per heavy atom. The first-order chi connectivity index (χ1) is 8.24. The number of anilines is 1. The van der Waals surface area contributed by atoms with E-state index < -0.39 is 0 Å². The third-order valence-electron chi connectivity index (χ3n) is 3.46. The summed E-state index contributed by atoms with van der Waals surface area (Å²) in [5.41, 5.74) is 0.851. The number of hydrogen-bond acceptors (Lipinski definition) is 4. The van der Waals surface area contributed by atoms with Gasteiger partial charge < -0.3 is 10.1 Å². The summed E-state index contributed by atoms with van der Waals surface area (Å²) < 4.78 is 5.64. The normalized spacial score (nSPS) is 17.6. The number of hydrogen-bond donors (Lipinski definition) is 1. The maximum atomic E-state index is 5.64. The molecule has 1 aromatic heterocycles. The molecule has 0 saturated heterocycles. The quantitative estimate of drug-likeness (QED) is 0.851. The van der Waals surface area contributed by atoms with Gasteiger partial charge in [-0.25, -0.2) is 9.97 Å². The highest BCUT2D eigenvalue weighted by Gasteiger charge is 2.42. The van der Waals surface area contributed by atoms with Crippen LogP contribution in [0, 0.1) is 0 Å². The Bertz CT molecular complexity index is 383. The summed E-state index contributed by atoms with van der Waals surface area (Å²) in [5, 5.41) is 3.26. The van der Waals surface area contributed by atoms with Gasteiger partial charge in [0.1, 0.15) is 11.4 Å². The van der Waals surface area contributed by atoms with Crippen molar-refractivity contribution in [3.05, 3.63) is 17.6 Å². The second kappa shape index (κ2) is 5.00. The van der Waals surface area contributed by atoms with Crippen LogP contribution >= 0.6 is 0 Å². The molecule has 0 atom stereocenters. The lowest BCUT2D eigenvalue weighted by atomic mass is 9.79. The van der Waals surface area contributed by atoms with E-state index in [9.17, 15) is 0 Å². The third kappa shape index (κ3) is 2.27. The van der Waals surface area contributed by atoms with E-state index in [4.69, 9.17) is 4.74 Å². The molecule has 4 heteroatoms. The van der Waals surface area contributed by atoms with E-state index in [1.165, 1.54) is 6.42 Å². The van der Waals surface area contributed by atoms with Crippen LogP contribution in [0.25, 0.3) is 0 Å². The maximum Gasteiger partial charge on any atom is 0.162 e. The van der Waals surface area contributed by atoms with Gasteiger partial charge in [-0.05, 0) is 32.6 Å². The lowest BCUT2D eigenvalue weighted by molar-refractivity contribution is -0.0846. The Kier molecular flexibility index (Phi) is 3.62. The molecule has 2 rings (SSSR count). The molecule has 1 aliphatic carbocycles. The molecule has 0 radical (unpaired) electrons. The summed E-state index contributed by atoms with van der Waals surface area (Å²) >= 11 is 0. The Morgan fingerprint density at radius 2 is 2.12 bits per heavy atom. The minimum Gasteiger partial charge on any atom is -0.370 e. The molecule has 94 valence electrons. The molecule has 0 bridgehead atoms. The van der Waals surface area contributed by atoms with Crippen LogP contribution in [0.3, 0.4) is 0 Å². The van der Waals surface area contributed by atoms with Crippen molar-refractivity contribution in [3.63, 3.8) is 0 Å². The number of nitrogens with zero attached hydrogens (tertiary/aromatic N) is 2. The van der Waals surface area contributed by atoms with Crippen molar-refractivity contribution in [2.75, 3.05) is 19.0 Å². The van der Waals surface area contributed by atoms with E-state index in [1.807, 2.05) is 6.07 Å². The summed E-state index contributed by atoms with van der Waals surface area (Å²) in [7, 11) is 1.76. The van der Waals surface area contributed by atoms with Crippen molar-refractivity contribution < 1.29 is 4.74 Å². The zero-order valence-electron chi connectivity index (χ0n) is 10.9. The van der Waals surface area contributed by atoms with Crippen molar-refractivity contribution in [2.24, 2.45) is 0 Å². The lowest BCUT2D eigenvalue weighted by Gasteiger charge is -2.39. The summed E-state index contributed by atoms with van der Waals surface area (Å²) in [5.74, 6) is 1.76. The lowest BCUT2D eigenvalue weighted by Crippen LogP contribution is -2.38. The SMILES string of the molecule is CCNc1cc(CC)nc(C2(OC)CCC2)n1. The van der Waals surface area contributed by atoms with E-state index in [0.29, 0.717) is 0 Å². The van der Waals surface area contributed by atoms with Crippen molar-refractivity contribution >= 4 is 5.82 Å². The van der Waals surface area contributed by atoms with Gasteiger partial charge in [-0.2, -0.15) is 0 Å². The van der Waals surface area contributed by atoms with Gasteiger partial charge >= 0.3 is 0 Å². The Hall–Kier alpha value is -1.16. The second-order valence-corrected chi connectivity index (χ2v) is 4.50. The summed E-state index contributed by atoms with van der Waals surface area (Å²) in [6.07, 6.45) is 4.18. The average Bonchev–Trinajstić information content (AvgIpc) is 2.28. The predicted molar refractivity (Wildman–Crippen MR) is 68.1 cm³/mol. The standard InChI is InChI=1S/C13H21N3O/c1-4-10-9-11(14-5-2)16-12(15-10)13(17-3)7-6-8-13/h9H,4-8H2,1-3H3,(H,14,15,16). The molecule has 0 amide bonds. The van der Waals surface area contributed by atoms with Crippen LogP contribution in [0.2, 0.25) is 0 Å². The first-order valence-electron chi connectivity index (χ1n) is 6.41. The number of aryl methyl sites for hydroxylation is 1. The molecule has 1 saturated carbocycles. The first-order valence-corrected chi connectivity index (χ1v) is 6.41. The largest absolute Gasteiger partial charge is 0.370 e. The molecule has 0 spiro atoms. The smallest absolute Gasteiger partial charge is 0.162 e. The highest BCUT2D eigenvalue weighted by Crippen LogP contribution is 2.42. The van der Waals surface area contributed by atoms with Gasteiger partial charge in [-0.3, -0.25) is 0 Å². The second-order valence-electron chi connectivity index (χ2n) is 4.50. The van der Waals surface area contributed by atoms with Gasteiger partial charge in [0.05, 0.1) is 0 Å². The van der Waals surface area contributed by atoms with Gasteiger partial charge in [-0.1, -0.05) is 6.92 Å². The fourth-order valence-corrected chi connectivity index (χ4v) is 2.17. The van der Waals surface area contributed by atoms with E-state index in [0.717, 1.165) is 43.1 Å². The van der Waals surface area contributed by atoms with Crippen LogP contribution in [0.4, 0.5) is 5.82 Å². The van der Waals surface area contributed by atoms with Crippen LogP contribution in [-0.4, -0.2) is 23.6 Å². The Labute approximate surface area is 103 Å². The van der Waals surface area contributed by atoms with Gasteiger partial charge in [0.25, 0.3) is 0 Å². The van der Waals surface area contributed by atoms with Crippen molar-refractivity contribution in [3.8, 4) is 0 Å². The number of methoxy groups -OCH3 is 1. The van der Waals surface area contributed by atoms with E-state index >= 15 is 0 Å². The number of rotatable bonds is 5. The van der Waals surface area contributed by atoms with E-state index in [1.54, 1.807) is 7.11 Å². The average molecular weight is 235 g/mol. The zero-order chi connectivity index (χ0) is 12.3. The highest BCUT2D eigenvalue weighted by atomic mass is 16.5. The predicted octanol–water partition coefficient (Wildman–Crippen LogP) is 2.50. The summed E-state index contributed by atoms with van der Waals surface area (Å²) in [6, 6.07) is 2.02. The summed E-state index contributed by atoms with van der Waals surface area (Å²) in [4.78, 5) is 9.21. The van der Waals surface area contributed by atoms with Crippen molar-refractivity contribution in [1.29, 1.82) is 0 Å². The minimum absolute atomic E-state index is 0.227. The van der Waals surface area contributed by atoms with Gasteiger partial charge in [-0.15, -0.1) is 0 Å². The molecule has 0 aliphatic heterocycles. The zero-order valence-corrected chi connectivity index (χ0v) is 10.9. The Morgan fingerprint density at radius 3 is 2.59 bits per heavy atom. The monoisotopic (exact) mass is 235 g/mol.